The van der Waals surface area contributed by atoms with Crippen LogP contribution in [0.25, 0.3) is 0 Å². The molecule has 98 valence electrons. The minimum Gasteiger partial charge on any atom is -0.372 e. The average Bonchev–Trinajstić information content (AvgIpc) is 2.39. The minimum atomic E-state index is -0.504. The predicted molar refractivity (Wildman–Crippen MR) is 72.0 cm³/mol. The normalized spacial score (nSPS) is 13.7. The number of benzene rings is 1. The SMILES string of the molecule is CNC(C)(C#N)CCCN(C)c1ccccc1F. The highest BCUT2D eigenvalue weighted by Crippen LogP contribution is 2.18. The van der Waals surface area contributed by atoms with Crippen molar-refractivity contribution in [1.82, 2.24) is 5.32 Å². The van der Waals surface area contributed by atoms with E-state index in [0.29, 0.717) is 5.69 Å². The Kier molecular flexibility index (Phi) is 5.11. The second kappa shape index (κ2) is 6.36. The molecule has 4 heteroatoms. The molecule has 0 spiro atoms. The molecule has 18 heavy (non-hydrogen) atoms. The molecule has 0 amide bonds. The van der Waals surface area contributed by atoms with Gasteiger partial charge < -0.3 is 10.2 Å². The summed E-state index contributed by atoms with van der Waals surface area (Å²) in [7, 11) is 3.64. The van der Waals surface area contributed by atoms with Crippen LogP contribution in [0.15, 0.2) is 24.3 Å². The lowest BCUT2D eigenvalue weighted by molar-refractivity contribution is 0.441. The molecular formula is C14H20FN3. The van der Waals surface area contributed by atoms with E-state index < -0.39 is 5.54 Å². The first kappa shape index (κ1) is 14.5. The average molecular weight is 249 g/mol. The molecule has 0 radical (unpaired) electrons. The zero-order valence-corrected chi connectivity index (χ0v) is 11.2. The molecule has 0 saturated carbocycles. The zero-order chi connectivity index (χ0) is 13.6. The van der Waals surface area contributed by atoms with Crippen molar-refractivity contribution in [2.24, 2.45) is 0 Å². The Morgan fingerprint density at radius 1 is 1.44 bits per heavy atom. The lowest BCUT2D eigenvalue weighted by atomic mass is 9.98. The minimum absolute atomic E-state index is 0.211. The van der Waals surface area contributed by atoms with Gasteiger partial charge in [0, 0.05) is 13.6 Å². The van der Waals surface area contributed by atoms with Gasteiger partial charge in [-0.1, -0.05) is 12.1 Å². The molecule has 1 rings (SSSR count). The summed E-state index contributed by atoms with van der Waals surface area (Å²) in [6, 6.07) is 8.97. The summed E-state index contributed by atoms with van der Waals surface area (Å²) in [6.07, 6.45) is 1.56. The summed E-state index contributed by atoms with van der Waals surface area (Å²) in [5.74, 6) is -0.211. The zero-order valence-electron chi connectivity index (χ0n) is 11.2. The smallest absolute Gasteiger partial charge is 0.146 e. The molecule has 0 heterocycles. The van der Waals surface area contributed by atoms with Crippen molar-refractivity contribution < 1.29 is 4.39 Å². The third-order valence-electron chi connectivity index (χ3n) is 3.23. The maximum atomic E-state index is 13.5. The van der Waals surface area contributed by atoms with E-state index >= 15 is 0 Å². The van der Waals surface area contributed by atoms with Crippen LogP contribution >= 0.6 is 0 Å². The highest BCUT2D eigenvalue weighted by molar-refractivity contribution is 5.46. The Bertz CT molecular complexity index is 427. The molecule has 1 atom stereocenters. The fourth-order valence-corrected chi connectivity index (χ4v) is 1.79. The van der Waals surface area contributed by atoms with Crippen molar-refractivity contribution in [3.63, 3.8) is 0 Å². The van der Waals surface area contributed by atoms with Gasteiger partial charge in [0.15, 0.2) is 0 Å². The topological polar surface area (TPSA) is 39.1 Å². The van der Waals surface area contributed by atoms with E-state index in [9.17, 15) is 4.39 Å². The highest BCUT2D eigenvalue weighted by Gasteiger charge is 2.20. The Hall–Kier alpha value is -1.60. The molecule has 0 aliphatic rings. The third-order valence-corrected chi connectivity index (χ3v) is 3.23. The second-order valence-corrected chi connectivity index (χ2v) is 4.67. The summed E-state index contributed by atoms with van der Waals surface area (Å²) in [5, 5.41) is 12.0. The van der Waals surface area contributed by atoms with Gasteiger partial charge in [-0.05, 0) is 38.9 Å². The number of rotatable bonds is 6. The monoisotopic (exact) mass is 249 g/mol. The molecule has 0 bridgehead atoms. The van der Waals surface area contributed by atoms with Gasteiger partial charge in [-0.3, -0.25) is 0 Å². The van der Waals surface area contributed by atoms with Crippen molar-refractivity contribution in [3.05, 3.63) is 30.1 Å². The molecule has 0 aromatic heterocycles. The van der Waals surface area contributed by atoms with Crippen molar-refractivity contribution in [2.45, 2.75) is 25.3 Å². The van der Waals surface area contributed by atoms with Gasteiger partial charge >= 0.3 is 0 Å². The Labute approximate surface area is 108 Å². The van der Waals surface area contributed by atoms with Gasteiger partial charge in [0.25, 0.3) is 0 Å². The lowest BCUT2D eigenvalue weighted by Gasteiger charge is -2.24. The van der Waals surface area contributed by atoms with Crippen LogP contribution in [0.3, 0.4) is 0 Å². The van der Waals surface area contributed by atoms with Gasteiger partial charge in [0.2, 0.25) is 0 Å². The van der Waals surface area contributed by atoms with Gasteiger partial charge in [0.05, 0.1) is 11.8 Å². The van der Waals surface area contributed by atoms with Gasteiger partial charge in [-0.25, -0.2) is 4.39 Å². The molecule has 1 aromatic carbocycles. The van der Waals surface area contributed by atoms with E-state index in [1.807, 2.05) is 24.9 Å². The number of nitrogens with one attached hydrogen (secondary N) is 1. The largest absolute Gasteiger partial charge is 0.372 e. The van der Waals surface area contributed by atoms with E-state index in [1.165, 1.54) is 6.07 Å². The summed E-state index contributed by atoms with van der Waals surface area (Å²) in [4.78, 5) is 1.88. The highest BCUT2D eigenvalue weighted by atomic mass is 19.1. The van der Waals surface area contributed by atoms with Crippen molar-refractivity contribution in [1.29, 1.82) is 5.26 Å². The Morgan fingerprint density at radius 2 is 2.11 bits per heavy atom. The molecule has 0 aliphatic heterocycles. The van der Waals surface area contributed by atoms with Crippen molar-refractivity contribution in [3.8, 4) is 6.07 Å². The van der Waals surface area contributed by atoms with E-state index in [-0.39, 0.29) is 5.82 Å². The number of nitrogens with zero attached hydrogens (tertiary/aromatic N) is 2. The van der Waals surface area contributed by atoms with Crippen LogP contribution in [-0.4, -0.2) is 26.2 Å². The van der Waals surface area contributed by atoms with Gasteiger partial charge in [-0.2, -0.15) is 5.26 Å². The number of hydrogen-bond acceptors (Lipinski definition) is 3. The van der Waals surface area contributed by atoms with E-state index in [4.69, 9.17) is 5.26 Å². The van der Waals surface area contributed by atoms with Crippen molar-refractivity contribution in [2.75, 3.05) is 25.5 Å². The Balaban J connectivity index is 2.51. The summed E-state index contributed by atoms with van der Waals surface area (Å²) in [5.41, 5.74) is 0.0939. The number of halogens is 1. The van der Waals surface area contributed by atoms with E-state index in [0.717, 1.165) is 19.4 Å². The van der Waals surface area contributed by atoms with Crippen LogP contribution in [0, 0.1) is 17.1 Å². The number of hydrogen-bond donors (Lipinski definition) is 1. The Morgan fingerprint density at radius 3 is 2.67 bits per heavy atom. The number of anilines is 1. The number of nitriles is 1. The fourth-order valence-electron chi connectivity index (χ4n) is 1.79. The molecule has 0 saturated heterocycles. The molecule has 1 N–H and O–H groups in total. The number of para-hydroxylation sites is 1. The van der Waals surface area contributed by atoms with Gasteiger partial charge in [0.1, 0.15) is 11.4 Å². The van der Waals surface area contributed by atoms with E-state index in [1.54, 1.807) is 19.2 Å². The van der Waals surface area contributed by atoms with E-state index in [2.05, 4.69) is 11.4 Å². The molecule has 0 fully saturated rings. The standard InChI is InChI=1S/C14H20FN3/c1-14(11-16,17-2)9-6-10-18(3)13-8-5-4-7-12(13)15/h4-5,7-8,17H,6,9-10H2,1-3H3. The van der Waals surface area contributed by atoms with Crippen LogP contribution in [0.5, 0.6) is 0 Å². The quantitative estimate of drug-likeness (QED) is 0.842. The fraction of sp³-hybridized carbons (Fsp3) is 0.500. The first-order chi connectivity index (χ1) is 8.52. The van der Waals surface area contributed by atoms with Crippen molar-refractivity contribution >= 4 is 5.69 Å². The maximum Gasteiger partial charge on any atom is 0.146 e. The van der Waals surface area contributed by atoms with Crippen LogP contribution in [-0.2, 0) is 0 Å². The summed E-state index contributed by atoms with van der Waals surface area (Å²) < 4.78 is 13.5. The molecule has 3 nitrogen and oxygen atoms in total. The van der Waals surface area contributed by atoms with Crippen LogP contribution in [0.1, 0.15) is 19.8 Å². The van der Waals surface area contributed by atoms with Crippen LogP contribution in [0.2, 0.25) is 0 Å². The molecule has 1 unspecified atom stereocenters. The third kappa shape index (κ3) is 3.71. The lowest BCUT2D eigenvalue weighted by Crippen LogP contribution is -2.38. The maximum absolute atomic E-state index is 13.5. The summed E-state index contributed by atoms with van der Waals surface area (Å²) in [6.45, 7) is 2.59. The predicted octanol–water partition coefficient (Wildman–Crippen LogP) is 2.54. The van der Waals surface area contributed by atoms with Crippen LogP contribution in [0.4, 0.5) is 10.1 Å². The summed E-state index contributed by atoms with van der Waals surface area (Å²) >= 11 is 0. The first-order valence-corrected chi connectivity index (χ1v) is 6.08. The molecule has 0 aliphatic carbocycles. The second-order valence-electron chi connectivity index (χ2n) is 4.67. The first-order valence-electron chi connectivity index (χ1n) is 6.08. The van der Waals surface area contributed by atoms with Gasteiger partial charge in [-0.15, -0.1) is 0 Å². The molecular weight excluding hydrogens is 229 g/mol. The van der Waals surface area contributed by atoms with Crippen LogP contribution < -0.4 is 10.2 Å². The molecule has 1 aromatic rings.